The second-order valence-electron chi connectivity index (χ2n) is 5.86. The molecule has 0 rings (SSSR count). The Morgan fingerprint density at radius 2 is 1.47 bits per heavy atom. The molecular weight excluding hydrogens is 222 g/mol. The van der Waals surface area contributed by atoms with Gasteiger partial charge in [-0.25, -0.2) is 0 Å². The van der Waals surface area contributed by atoms with Gasteiger partial charge in [0.25, 0.3) is 0 Å². The smallest absolute Gasteiger partial charge is 0.129 e. The van der Waals surface area contributed by atoms with Crippen LogP contribution >= 0.6 is 0 Å². The van der Waals surface area contributed by atoms with Gasteiger partial charge in [0.15, 0.2) is 0 Å². The molecule has 0 heterocycles. The number of hydrogen-bond acceptors (Lipinski definition) is 1. The summed E-state index contributed by atoms with van der Waals surface area (Å²) in [7, 11) is -1.23. The van der Waals surface area contributed by atoms with Crippen LogP contribution in [0.5, 0.6) is 0 Å². The predicted octanol–water partition coefficient (Wildman–Crippen LogP) is 4.16. The second kappa shape index (κ2) is 8.77. The first-order valence-electron chi connectivity index (χ1n) is 7.21. The van der Waals surface area contributed by atoms with Crippen molar-refractivity contribution < 1.29 is 0 Å². The Hall–Kier alpha value is -0.263. The summed E-state index contributed by atoms with van der Waals surface area (Å²) in [6, 6.07) is 0.492. The van der Waals surface area contributed by atoms with Crippen LogP contribution in [0.2, 0.25) is 19.6 Å². The SMILES string of the molecule is CCCC(C#C[Si](C)(C)C)N(CCC)CCC. The lowest BCUT2D eigenvalue weighted by atomic mass is 10.1. The summed E-state index contributed by atoms with van der Waals surface area (Å²) >= 11 is 0. The molecule has 0 aliphatic carbocycles. The summed E-state index contributed by atoms with van der Waals surface area (Å²) in [6.45, 7) is 16.2. The maximum atomic E-state index is 3.57. The molecule has 0 aromatic rings. The summed E-state index contributed by atoms with van der Waals surface area (Å²) in [5, 5.41) is 0. The highest BCUT2D eigenvalue weighted by atomic mass is 28.3. The van der Waals surface area contributed by atoms with Crippen LogP contribution in [0.15, 0.2) is 0 Å². The number of rotatable bonds is 7. The molecule has 0 amide bonds. The van der Waals surface area contributed by atoms with E-state index in [1.807, 2.05) is 0 Å². The average Bonchev–Trinajstić information content (AvgIpc) is 2.23. The fourth-order valence-corrected chi connectivity index (χ4v) is 2.52. The summed E-state index contributed by atoms with van der Waals surface area (Å²) in [5.74, 6) is 3.57. The normalized spacial score (nSPS) is 13.4. The molecular formula is C15H31NSi. The largest absolute Gasteiger partial charge is 0.290 e. The molecule has 2 heteroatoms. The Labute approximate surface area is 110 Å². The van der Waals surface area contributed by atoms with Crippen molar-refractivity contribution in [3.63, 3.8) is 0 Å². The van der Waals surface area contributed by atoms with Crippen LogP contribution in [0, 0.1) is 11.5 Å². The van der Waals surface area contributed by atoms with Crippen LogP contribution in [0.1, 0.15) is 46.5 Å². The van der Waals surface area contributed by atoms with Crippen molar-refractivity contribution in [3.05, 3.63) is 0 Å². The lowest BCUT2D eigenvalue weighted by Gasteiger charge is -2.27. The quantitative estimate of drug-likeness (QED) is 0.486. The van der Waals surface area contributed by atoms with Gasteiger partial charge < -0.3 is 0 Å². The van der Waals surface area contributed by atoms with Crippen LogP contribution in [-0.4, -0.2) is 32.1 Å². The molecule has 0 saturated carbocycles. The molecule has 1 atom stereocenters. The number of hydrogen-bond donors (Lipinski definition) is 0. The Morgan fingerprint density at radius 1 is 0.941 bits per heavy atom. The third-order valence-electron chi connectivity index (χ3n) is 2.64. The lowest BCUT2D eigenvalue weighted by molar-refractivity contribution is 0.226. The Morgan fingerprint density at radius 3 is 1.82 bits per heavy atom. The van der Waals surface area contributed by atoms with E-state index in [1.54, 1.807) is 0 Å². The molecule has 17 heavy (non-hydrogen) atoms. The van der Waals surface area contributed by atoms with Gasteiger partial charge in [0.05, 0.1) is 6.04 Å². The van der Waals surface area contributed by atoms with Gasteiger partial charge in [0, 0.05) is 0 Å². The first-order chi connectivity index (χ1) is 7.94. The molecule has 0 saturated heterocycles. The average molecular weight is 254 g/mol. The molecule has 0 aliphatic heterocycles. The van der Waals surface area contributed by atoms with Gasteiger partial charge in [-0.2, -0.15) is 0 Å². The minimum atomic E-state index is -1.23. The minimum absolute atomic E-state index is 0.492. The molecule has 1 unspecified atom stereocenters. The van der Waals surface area contributed by atoms with Gasteiger partial charge in [-0.3, -0.25) is 4.90 Å². The third-order valence-corrected chi connectivity index (χ3v) is 3.53. The topological polar surface area (TPSA) is 3.24 Å². The highest BCUT2D eigenvalue weighted by Crippen LogP contribution is 2.09. The Balaban J connectivity index is 4.69. The maximum Gasteiger partial charge on any atom is 0.129 e. The standard InChI is InChI=1S/C15H31NSi/c1-7-10-15(11-14-17(4,5)6)16(12-8-2)13-9-3/h15H,7-10,12-13H2,1-6H3. The molecule has 0 aromatic carbocycles. The monoisotopic (exact) mass is 253 g/mol. The first kappa shape index (κ1) is 16.7. The fraction of sp³-hybridized carbons (Fsp3) is 0.867. The van der Waals surface area contributed by atoms with Crippen molar-refractivity contribution in [1.29, 1.82) is 0 Å². The molecule has 0 radical (unpaired) electrons. The van der Waals surface area contributed by atoms with Crippen LogP contribution < -0.4 is 0 Å². The Kier molecular flexibility index (Phi) is 8.64. The van der Waals surface area contributed by atoms with Crippen molar-refractivity contribution >= 4 is 8.07 Å². The summed E-state index contributed by atoms with van der Waals surface area (Å²) < 4.78 is 0. The highest BCUT2D eigenvalue weighted by Gasteiger charge is 2.15. The van der Waals surface area contributed by atoms with Gasteiger partial charge in [0.2, 0.25) is 0 Å². The second-order valence-corrected chi connectivity index (χ2v) is 10.6. The zero-order chi connectivity index (χ0) is 13.3. The van der Waals surface area contributed by atoms with Crippen LogP contribution in [0.25, 0.3) is 0 Å². The summed E-state index contributed by atoms with van der Waals surface area (Å²) in [5.41, 5.74) is 3.55. The van der Waals surface area contributed by atoms with E-state index in [0.717, 1.165) is 0 Å². The van der Waals surface area contributed by atoms with E-state index < -0.39 is 8.07 Å². The zero-order valence-corrected chi connectivity index (χ0v) is 13.8. The van der Waals surface area contributed by atoms with Crippen molar-refractivity contribution in [2.75, 3.05) is 13.1 Å². The van der Waals surface area contributed by atoms with Crippen LogP contribution in [-0.2, 0) is 0 Å². The van der Waals surface area contributed by atoms with Gasteiger partial charge in [-0.1, -0.05) is 52.8 Å². The van der Waals surface area contributed by atoms with Crippen LogP contribution in [0.3, 0.4) is 0 Å². The van der Waals surface area contributed by atoms with E-state index in [9.17, 15) is 0 Å². The molecule has 0 spiro atoms. The number of nitrogens with zero attached hydrogens (tertiary/aromatic N) is 1. The summed E-state index contributed by atoms with van der Waals surface area (Å²) in [6.07, 6.45) is 4.91. The highest BCUT2D eigenvalue weighted by molar-refractivity contribution is 6.83. The van der Waals surface area contributed by atoms with Gasteiger partial charge in [-0.05, 0) is 32.4 Å². The van der Waals surface area contributed by atoms with E-state index in [1.165, 1.54) is 38.8 Å². The molecule has 1 nitrogen and oxygen atoms in total. The van der Waals surface area contributed by atoms with Crippen molar-refractivity contribution in [2.45, 2.75) is 72.1 Å². The third kappa shape index (κ3) is 8.46. The maximum absolute atomic E-state index is 3.57. The fourth-order valence-electron chi connectivity index (χ4n) is 1.92. The minimum Gasteiger partial charge on any atom is -0.290 e. The van der Waals surface area contributed by atoms with Gasteiger partial charge in [0.1, 0.15) is 8.07 Å². The molecule has 0 aliphatic rings. The first-order valence-corrected chi connectivity index (χ1v) is 10.7. The van der Waals surface area contributed by atoms with E-state index in [-0.39, 0.29) is 0 Å². The van der Waals surface area contributed by atoms with E-state index in [0.29, 0.717) is 6.04 Å². The molecule has 100 valence electrons. The lowest BCUT2D eigenvalue weighted by Crippen LogP contribution is -2.36. The van der Waals surface area contributed by atoms with Gasteiger partial charge in [-0.15, -0.1) is 5.54 Å². The zero-order valence-electron chi connectivity index (χ0n) is 12.8. The Bertz CT molecular complexity index is 238. The van der Waals surface area contributed by atoms with E-state index >= 15 is 0 Å². The van der Waals surface area contributed by atoms with Crippen molar-refractivity contribution in [2.24, 2.45) is 0 Å². The molecule has 0 fully saturated rings. The van der Waals surface area contributed by atoms with Gasteiger partial charge >= 0.3 is 0 Å². The van der Waals surface area contributed by atoms with E-state index in [4.69, 9.17) is 0 Å². The van der Waals surface area contributed by atoms with Crippen molar-refractivity contribution in [3.8, 4) is 11.5 Å². The van der Waals surface area contributed by atoms with Crippen molar-refractivity contribution in [1.82, 2.24) is 4.90 Å². The molecule has 0 aromatic heterocycles. The van der Waals surface area contributed by atoms with Crippen LogP contribution in [0.4, 0.5) is 0 Å². The van der Waals surface area contributed by atoms with E-state index in [2.05, 4.69) is 56.8 Å². The summed E-state index contributed by atoms with van der Waals surface area (Å²) in [4.78, 5) is 2.58. The predicted molar refractivity (Wildman–Crippen MR) is 82.0 cm³/mol. The molecule has 0 bridgehead atoms. The molecule has 0 N–H and O–H groups in total.